The SMILES string of the molecule is CCCn1ccc(CNS(=O)(=O)c2ccccc2Br)c1. The molecular weight excluding hydrogens is 340 g/mol. The van der Waals surface area contributed by atoms with Crippen LogP contribution in [0.5, 0.6) is 0 Å². The summed E-state index contributed by atoms with van der Waals surface area (Å²) in [6, 6.07) is 8.71. The summed E-state index contributed by atoms with van der Waals surface area (Å²) in [6.45, 7) is 3.34. The summed E-state index contributed by atoms with van der Waals surface area (Å²) in [6.07, 6.45) is 4.98. The first kappa shape index (κ1) is 15.3. The van der Waals surface area contributed by atoms with Gasteiger partial charge in [-0.2, -0.15) is 0 Å². The van der Waals surface area contributed by atoms with Gasteiger partial charge in [0, 0.05) is 30.0 Å². The van der Waals surface area contributed by atoms with Crippen LogP contribution in [0, 0.1) is 0 Å². The van der Waals surface area contributed by atoms with Crippen molar-refractivity contribution >= 4 is 26.0 Å². The summed E-state index contributed by atoms with van der Waals surface area (Å²) >= 11 is 3.26. The number of halogens is 1. The predicted molar refractivity (Wildman–Crippen MR) is 82.9 cm³/mol. The number of benzene rings is 1. The van der Waals surface area contributed by atoms with Crippen molar-refractivity contribution in [3.05, 3.63) is 52.8 Å². The average molecular weight is 357 g/mol. The fraction of sp³-hybridized carbons (Fsp3) is 0.286. The normalized spacial score (nSPS) is 11.7. The van der Waals surface area contributed by atoms with E-state index in [9.17, 15) is 8.42 Å². The van der Waals surface area contributed by atoms with E-state index in [1.54, 1.807) is 24.3 Å². The van der Waals surface area contributed by atoms with Gasteiger partial charge in [-0.3, -0.25) is 0 Å². The van der Waals surface area contributed by atoms with Gasteiger partial charge in [0.1, 0.15) is 0 Å². The monoisotopic (exact) mass is 356 g/mol. The third-order valence-corrected chi connectivity index (χ3v) is 5.30. The Labute approximate surface area is 128 Å². The van der Waals surface area contributed by atoms with Crippen molar-refractivity contribution in [3.63, 3.8) is 0 Å². The van der Waals surface area contributed by atoms with E-state index >= 15 is 0 Å². The predicted octanol–water partition coefficient (Wildman–Crippen LogP) is 3.14. The van der Waals surface area contributed by atoms with Crippen molar-refractivity contribution in [1.82, 2.24) is 9.29 Å². The number of sulfonamides is 1. The van der Waals surface area contributed by atoms with E-state index in [0.717, 1.165) is 18.5 Å². The number of hydrogen-bond donors (Lipinski definition) is 1. The molecule has 2 aromatic rings. The second kappa shape index (κ2) is 6.56. The van der Waals surface area contributed by atoms with Crippen molar-refractivity contribution in [3.8, 4) is 0 Å². The maximum Gasteiger partial charge on any atom is 0.241 e. The lowest BCUT2D eigenvalue weighted by molar-refractivity contribution is 0.580. The van der Waals surface area contributed by atoms with Crippen molar-refractivity contribution < 1.29 is 8.42 Å². The van der Waals surface area contributed by atoms with Crippen LogP contribution in [0.25, 0.3) is 0 Å². The van der Waals surface area contributed by atoms with Gasteiger partial charge in [0.25, 0.3) is 0 Å². The Hall–Kier alpha value is -1.11. The summed E-state index contributed by atoms with van der Waals surface area (Å²) in [5.74, 6) is 0. The Morgan fingerprint density at radius 1 is 1.25 bits per heavy atom. The molecule has 0 bridgehead atoms. The second-order valence-electron chi connectivity index (χ2n) is 4.51. The van der Waals surface area contributed by atoms with E-state index < -0.39 is 10.0 Å². The smallest absolute Gasteiger partial charge is 0.241 e. The Kier molecular flexibility index (Phi) is 5.01. The van der Waals surface area contributed by atoms with Crippen molar-refractivity contribution in [1.29, 1.82) is 0 Å². The first-order chi connectivity index (χ1) is 9.53. The summed E-state index contributed by atoms with van der Waals surface area (Å²) in [7, 11) is -3.50. The number of nitrogens with one attached hydrogen (secondary N) is 1. The highest BCUT2D eigenvalue weighted by Crippen LogP contribution is 2.21. The van der Waals surface area contributed by atoms with Crippen LogP contribution >= 0.6 is 15.9 Å². The minimum Gasteiger partial charge on any atom is -0.354 e. The van der Waals surface area contributed by atoms with Gasteiger partial charge in [-0.05, 0) is 46.1 Å². The molecule has 1 aromatic carbocycles. The van der Waals surface area contributed by atoms with E-state index in [1.807, 2.05) is 18.5 Å². The molecule has 0 aliphatic rings. The molecule has 0 atom stereocenters. The van der Waals surface area contributed by atoms with Gasteiger partial charge in [0.05, 0.1) is 4.90 Å². The molecule has 0 unspecified atom stereocenters. The summed E-state index contributed by atoms with van der Waals surface area (Å²) in [4.78, 5) is 0.257. The Morgan fingerprint density at radius 2 is 2.00 bits per heavy atom. The maximum absolute atomic E-state index is 12.2. The lowest BCUT2D eigenvalue weighted by atomic mass is 10.3. The lowest BCUT2D eigenvalue weighted by Gasteiger charge is -2.07. The van der Waals surface area contributed by atoms with E-state index in [2.05, 4.69) is 32.1 Å². The van der Waals surface area contributed by atoms with Crippen LogP contribution in [0.4, 0.5) is 0 Å². The fourth-order valence-corrected chi connectivity index (χ4v) is 3.93. The molecule has 0 saturated carbocycles. The quantitative estimate of drug-likeness (QED) is 0.864. The number of rotatable bonds is 6. The third kappa shape index (κ3) is 3.71. The van der Waals surface area contributed by atoms with Crippen LogP contribution in [0.1, 0.15) is 18.9 Å². The Morgan fingerprint density at radius 3 is 2.70 bits per heavy atom. The molecule has 6 heteroatoms. The number of hydrogen-bond acceptors (Lipinski definition) is 2. The molecule has 1 N–H and O–H groups in total. The first-order valence-electron chi connectivity index (χ1n) is 6.42. The van der Waals surface area contributed by atoms with Crippen molar-refractivity contribution in [2.75, 3.05) is 0 Å². The third-order valence-electron chi connectivity index (χ3n) is 2.89. The van der Waals surface area contributed by atoms with Gasteiger partial charge >= 0.3 is 0 Å². The molecule has 0 fully saturated rings. The van der Waals surface area contributed by atoms with Gasteiger partial charge in [-0.1, -0.05) is 19.1 Å². The molecule has 1 aromatic heterocycles. The topological polar surface area (TPSA) is 51.1 Å². The maximum atomic E-state index is 12.2. The Balaban J connectivity index is 2.07. The van der Waals surface area contributed by atoms with Crippen LogP contribution in [-0.4, -0.2) is 13.0 Å². The molecule has 0 aliphatic heterocycles. The molecule has 0 radical (unpaired) electrons. The molecule has 0 spiro atoms. The van der Waals surface area contributed by atoms with Gasteiger partial charge in [-0.25, -0.2) is 13.1 Å². The molecule has 0 saturated heterocycles. The fourth-order valence-electron chi connectivity index (χ4n) is 1.91. The van der Waals surface area contributed by atoms with E-state index in [1.165, 1.54) is 0 Å². The molecule has 0 amide bonds. The zero-order valence-corrected chi connectivity index (χ0v) is 13.6. The summed E-state index contributed by atoms with van der Waals surface area (Å²) in [5.41, 5.74) is 0.953. The lowest BCUT2D eigenvalue weighted by Crippen LogP contribution is -2.23. The zero-order chi connectivity index (χ0) is 14.6. The van der Waals surface area contributed by atoms with Crippen molar-refractivity contribution in [2.45, 2.75) is 31.3 Å². The molecule has 20 heavy (non-hydrogen) atoms. The first-order valence-corrected chi connectivity index (χ1v) is 8.69. The Bertz CT molecular complexity index is 680. The minimum absolute atomic E-state index is 0.257. The van der Waals surface area contributed by atoms with Crippen LogP contribution < -0.4 is 4.72 Å². The molecule has 4 nitrogen and oxygen atoms in total. The van der Waals surface area contributed by atoms with Crippen LogP contribution in [0.2, 0.25) is 0 Å². The second-order valence-corrected chi connectivity index (χ2v) is 7.10. The summed E-state index contributed by atoms with van der Waals surface area (Å²) in [5, 5.41) is 0. The highest BCUT2D eigenvalue weighted by Gasteiger charge is 2.16. The van der Waals surface area contributed by atoms with Gasteiger partial charge in [0.15, 0.2) is 0 Å². The molecule has 2 rings (SSSR count). The molecular formula is C14H17BrN2O2S. The minimum atomic E-state index is -3.50. The highest BCUT2D eigenvalue weighted by atomic mass is 79.9. The highest BCUT2D eigenvalue weighted by molar-refractivity contribution is 9.10. The van der Waals surface area contributed by atoms with Gasteiger partial charge < -0.3 is 4.57 Å². The molecule has 1 heterocycles. The van der Waals surface area contributed by atoms with Crippen molar-refractivity contribution in [2.24, 2.45) is 0 Å². The number of nitrogens with zero attached hydrogens (tertiary/aromatic N) is 1. The van der Waals surface area contributed by atoms with E-state index in [0.29, 0.717) is 11.0 Å². The molecule has 108 valence electrons. The van der Waals surface area contributed by atoms with Gasteiger partial charge in [-0.15, -0.1) is 0 Å². The number of aryl methyl sites for hydroxylation is 1. The zero-order valence-electron chi connectivity index (χ0n) is 11.2. The summed E-state index contributed by atoms with van der Waals surface area (Å²) < 4.78 is 29.7. The van der Waals surface area contributed by atoms with E-state index in [4.69, 9.17) is 0 Å². The van der Waals surface area contributed by atoms with Crippen LogP contribution in [0.15, 0.2) is 52.1 Å². The average Bonchev–Trinajstić information content (AvgIpc) is 2.85. The number of aromatic nitrogens is 1. The largest absolute Gasteiger partial charge is 0.354 e. The standard InChI is InChI=1S/C14H17BrN2O2S/c1-2-8-17-9-7-12(11-17)10-16-20(18,19)14-6-4-3-5-13(14)15/h3-7,9,11,16H,2,8,10H2,1H3. The molecule has 0 aliphatic carbocycles. The van der Waals surface area contributed by atoms with Crippen LogP contribution in [-0.2, 0) is 23.1 Å². The van der Waals surface area contributed by atoms with Gasteiger partial charge in [0.2, 0.25) is 10.0 Å². The van der Waals surface area contributed by atoms with E-state index in [-0.39, 0.29) is 4.90 Å². The van der Waals surface area contributed by atoms with Crippen LogP contribution in [0.3, 0.4) is 0 Å².